The molecule has 0 amide bonds. The van der Waals surface area contributed by atoms with Gasteiger partial charge in [-0.1, -0.05) is 12.1 Å². The Bertz CT molecular complexity index is 511. The number of fused-ring (bicyclic) bond motifs is 1. The van der Waals surface area contributed by atoms with Gasteiger partial charge in [0.05, 0.1) is 0 Å². The molecule has 1 heterocycles. The maximum absolute atomic E-state index is 5.44. The second kappa shape index (κ2) is 2.96. The largest absolute Gasteiger partial charge is 0.445 e. The molecule has 0 radical (unpaired) electrons. The molecule has 0 aliphatic rings. The molecule has 1 aromatic carbocycles. The lowest BCUT2D eigenvalue weighted by Crippen LogP contribution is -1.82. The van der Waals surface area contributed by atoms with E-state index in [4.69, 9.17) is 16.6 Å². The zero-order valence-electron chi connectivity index (χ0n) is 7.63. The standard InChI is InChI=1S/C11H10OS/c1-7-4-3-5-9-11(7)8(2)6-10(13)12-9/h3-6H,1-2H3. The molecule has 2 aromatic rings. The molecule has 2 rings (SSSR count). The minimum atomic E-state index is 0.551. The average Bonchev–Trinajstić information content (AvgIpc) is 2.02. The van der Waals surface area contributed by atoms with Crippen molar-refractivity contribution < 1.29 is 4.42 Å². The molecule has 0 spiro atoms. The predicted octanol–water partition coefficient (Wildman–Crippen LogP) is 3.78. The Balaban J connectivity index is 3.03. The van der Waals surface area contributed by atoms with Crippen molar-refractivity contribution >= 4 is 23.2 Å². The van der Waals surface area contributed by atoms with Crippen LogP contribution >= 0.6 is 12.2 Å². The fraction of sp³-hybridized carbons (Fsp3) is 0.182. The summed E-state index contributed by atoms with van der Waals surface area (Å²) in [4.78, 5) is 0. The molecule has 13 heavy (non-hydrogen) atoms. The van der Waals surface area contributed by atoms with E-state index in [1.165, 1.54) is 16.5 Å². The van der Waals surface area contributed by atoms with Gasteiger partial charge in [0.25, 0.3) is 0 Å². The van der Waals surface area contributed by atoms with E-state index in [-0.39, 0.29) is 0 Å². The summed E-state index contributed by atoms with van der Waals surface area (Å²) < 4.78 is 5.99. The summed E-state index contributed by atoms with van der Waals surface area (Å²) in [5, 5.41) is 1.18. The lowest BCUT2D eigenvalue weighted by Gasteiger charge is -2.03. The van der Waals surface area contributed by atoms with Gasteiger partial charge in [-0.3, -0.25) is 0 Å². The van der Waals surface area contributed by atoms with E-state index >= 15 is 0 Å². The molecule has 1 nitrogen and oxygen atoms in total. The topological polar surface area (TPSA) is 13.1 Å². The van der Waals surface area contributed by atoms with Crippen LogP contribution < -0.4 is 0 Å². The SMILES string of the molecule is Cc1cccc2oc(=S)cc(C)c12. The number of benzene rings is 1. The van der Waals surface area contributed by atoms with Gasteiger partial charge in [-0.25, -0.2) is 0 Å². The summed E-state index contributed by atoms with van der Waals surface area (Å²) in [6, 6.07) is 7.90. The first-order chi connectivity index (χ1) is 6.18. The Kier molecular flexibility index (Phi) is 1.93. The van der Waals surface area contributed by atoms with Crippen LogP contribution in [0.5, 0.6) is 0 Å². The summed E-state index contributed by atoms with van der Waals surface area (Å²) in [6.45, 7) is 4.13. The number of hydrogen-bond donors (Lipinski definition) is 0. The van der Waals surface area contributed by atoms with Gasteiger partial charge in [-0.05, 0) is 49.3 Å². The van der Waals surface area contributed by atoms with Gasteiger partial charge in [-0.2, -0.15) is 0 Å². The molecular formula is C11H10OS. The van der Waals surface area contributed by atoms with E-state index in [9.17, 15) is 0 Å². The van der Waals surface area contributed by atoms with Crippen molar-refractivity contribution in [3.05, 3.63) is 40.1 Å². The molecule has 66 valence electrons. The maximum Gasteiger partial charge on any atom is 0.191 e. The second-order valence-electron chi connectivity index (χ2n) is 3.20. The fourth-order valence-corrected chi connectivity index (χ4v) is 1.88. The third-order valence-electron chi connectivity index (χ3n) is 2.17. The summed E-state index contributed by atoms with van der Waals surface area (Å²) in [6.07, 6.45) is 0. The van der Waals surface area contributed by atoms with Crippen molar-refractivity contribution in [1.82, 2.24) is 0 Å². The molecule has 0 bridgehead atoms. The lowest BCUT2D eigenvalue weighted by molar-refractivity contribution is 0.585. The van der Waals surface area contributed by atoms with Crippen LogP contribution in [-0.2, 0) is 0 Å². The smallest absolute Gasteiger partial charge is 0.191 e. The summed E-state index contributed by atoms with van der Waals surface area (Å²) in [5.74, 6) is 0. The molecule has 0 saturated heterocycles. The summed E-state index contributed by atoms with van der Waals surface area (Å²) >= 11 is 5.00. The van der Waals surface area contributed by atoms with Gasteiger partial charge >= 0.3 is 0 Å². The molecule has 0 N–H and O–H groups in total. The Hall–Kier alpha value is -1.15. The molecule has 0 atom stereocenters. The van der Waals surface area contributed by atoms with E-state index in [2.05, 4.69) is 19.9 Å². The van der Waals surface area contributed by atoms with Crippen molar-refractivity contribution in [2.45, 2.75) is 13.8 Å². The van der Waals surface area contributed by atoms with E-state index in [0.717, 1.165) is 5.58 Å². The Morgan fingerprint density at radius 3 is 2.69 bits per heavy atom. The zero-order valence-corrected chi connectivity index (χ0v) is 8.44. The van der Waals surface area contributed by atoms with Crippen molar-refractivity contribution in [2.24, 2.45) is 0 Å². The van der Waals surface area contributed by atoms with Gasteiger partial charge in [-0.15, -0.1) is 0 Å². The van der Waals surface area contributed by atoms with Gasteiger partial charge in [0.1, 0.15) is 5.58 Å². The molecule has 0 aliphatic heterocycles. The molecule has 0 aliphatic carbocycles. The van der Waals surface area contributed by atoms with E-state index in [0.29, 0.717) is 4.71 Å². The van der Waals surface area contributed by atoms with Crippen LogP contribution in [0, 0.1) is 18.6 Å². The third-order valence-corrected chi connectivity index (χ3v) is 2.37. The fourth-order valence-electron chi connectivity index (χ4n) is 1.62. The van der Waals surface area contributed by atoms with Crippen LogP contribution in [0.2, 0.25) is 0 Å². The number of aryl methyl sites for hydroxylation is 2. The Morgan fingerprint density at radius 1 is 1.15 bits per heavy atom. The van der Waals surface area contributed by atoms with Crippen molar-refractivity contribution in [1.29, 1.82) is 0 Å². The van der Waals surface area contributed by atoms with E-state index < -0.39 is 0 Å². The number of rotatable bonds is 0. The molecule has 0 unspecified atom stereocenters. The van der Waals surface area contributed by atoms with Crippen LogP contribution in [0.25, 0.3) is 11.0 Å². The first kappa shape index (κ1) is 8.45. The van der Waals surface area contributed by atoms with Crippen LogP contribution in [0.4, 0.5) is 0 Å². The molecule has 0 fully saturated rings. The second-order valence-corrected chi connectivity index (χ2v) is 3.60. The monoisotopic (exact) mass is 190 g/mol. The van der Waals surface area contributed by atoms with Gasteiger partial charge < -0.3 is 4.42 Å². The summed E-state index contributed by atoms with van der Waals surface area (Å²) in [7, 11) is 0. The molecule has 2 heteroatoms. The maximum atomic E-state index is 5.44. The first-order valence-electron chi connectivity index (χ1n) is 4.18. The van der Waals surface area contributed by atoms with Crippen molar-refractivity contribution in [2.75, 3.05) is 0 Å². The Morgan fingerprint density at radius 2 is 1.92 bits per heavy atom. The van der Waals surface area contributed by atoms with Gasteiger partial charge in [0.15, 0.2) is 4.71 Å². The minimum absolute atomic E-state index is 0.551. The normalized spacial score (nSPS) is 10.6. The van der Waals surface area contributed by atoms with Crippen molar-refractivity contribution in [3.63, 3.8) is 0 Å². The average molecular weight is 190 g/mol. The molecule has 0 saturated carbocycles. The van der Waals surface area contributed by atoms with Crippen LogP contribution in [0.1, 0.15) is 11.1 Å². The quantitative estimate of drug-likeness (QED) is 0.586. The zero-order chi connectivity index (χ0) is 9.42. The van der Waals surface area contributed by atoms with Gasteiger partial charge in [0, 0.05) is 5.39 Å². The summed E-state index contributed by atoms with van der Waals surface area (Å²) in [5.41, 5.74) is 3.29. The lowest BCUT2D eigenvalue weighted by atomic mass is 10.1. The van der Waals surface area contributed by atoms with Crippen molar-refractivity contribution in [3.8, 4) is 0 Å². The van der Waals surface area contributed by atoms with Crippen LogP contribution in [0.15, 0.2) is 28.7 Å². The highest BCUT2D eigenvalue weighted by Crippen LogP contribution is 2.22. The third kappa shape index (κ3) is 1.38. The number of hydrogen-bond acceptors (Lipinski definition) is 2. The highest BCUT2D eigenvalue weighted by Gasteiger charge is 2.01. The van der Waals surface area contributed by atoms with Crippen LogP contribution in [-0.4, -0.2) is 0 Å². The van der Waals surface area contributed by atoms with Gasteiger partial charge in [0.2, 0.25) is 0 Å². The van der Waals surface area contributed by atoms with Crippen LogP contribution in [0.3, 0.4) is 0 Å². The molecular weight excluding hydrogens is 180 g/mol. The highest BCUT2D eigenvalue weighted by molar-refractivity contribution is 7.71. The first-order valence-corrected chi connectivity index (χ1v) is 4.59. The minimum Gasteiger partial charge on any atom is -0.445 e. The van der Waals surface area contributed by atoms with E-state index in [1.807, 2.05) is 18.2 Å². The highest BCUT2D eigenvalue weighted by atomic mass is 32.1. The van der Waals surface area contributed by atoms with E-state index in [1.54, 1.807) is 0 Å². The predicted molar refractivity (Wildman–Crippen MR) is 56.5 cm³/mol. The molecule has 1 aromatic heterocycles. The Labute approximate surface area is 82.0 Å².